The van der Waals surface area contributed by atoms with E-state index in [-0.39, 0.29) is 12.3 Å². The van der Waals surface area contributed by atoms with Crippen molar-refractivity contribution >= 4 is 21.7 Å². The van der Waals surface area contributed by atoms with Gasteiger partial charge in [-0.25, -0.2) is 8.42 Å². The maximum absolute atomic E-state index is 12.5. The van der Waals surface area contributed by atoms with Gasteiger partial charge >= 0.3 is 0 Å². The van der Waals surface area contributed by atoms with Gasteiger partial charge in [0.25, 0.3) is 5.91 Å². The number of amides is 2. The van der Waals surface area contributed by atoms with Crippen LogP contribution in [0.3, 0.4) is 0 Å². The Kier molecular flexibility index (Phi) is 7.02. The molecule has 0 fully saturated rings. The average Bonchev–Trinajstić information content (AvgIpc) is 2.66. The Labute approximate surface area is 157 Å². The molecule has 2 N–H and O–H groups in total. The van der Waals surface area contributed by atoms with Crippen LogP contribution in [0.2, 0.25) is 0 Å². The number of nitrogens with zero attached hydrogens (tertiary/aromatic N) is 2. The highest BCUT2D eigenvalue weighted by atomic mass is 32.2. The first-order chi connectivity index (χ1) is 12.9. The zero-order valence-corrected chi connectivity index (χ0v) is 15.1. The zero-order chi connectivity index (χ0) is 19.7. The van der Waals surface area contributed by atoms with Crippen molar-refractivity contribution in [2.45, 2.75) is 11.8 Å². The topological polar surface area (TPSA) is 129 Å². The Hall–Kier alpha value is -3.25. The van der Waals surface area contributed by atoms with E-state index in [1.54, 1.807) is 48.5 Å². The molecule has 0 saturated carbocycles. The van der Waals surface area contributed by atoms with Crippen molar-refractivity contribution in [3.05, 3.63) is 66.0 Å². The lowest BCUT2D eigenvalue weighted by Gasteiger charge is -2.18. The van der Waals surface area contributed by atoms with E-state index in [1.165, 1.54) is 12.4 Å². The van der Waals surface area contributed by atoms with Crippen LogP contribution in [0.1, 0.15) is 15.9 Å². The zero-order valence-electron chi connectivity index (χ0n) is 14.3. The number of rotatable bonds is 8. The van der Waals surface area contributed by atoms with E-state index in [4.69, 9.17) is 5.26 Å². The van der Waals surface area contributed by atoms with E-state index in [0.717, 1.165) is 0 Å². The summed E-state index contributed by atoms with van der Waals surface area (Å²) < 4.78 is 25.0. The van der Waals surface area contributed by atoms with Crippen LogP contribution < -0.4 is 10.6 Å². The Bertz CT molecular complexity index is 925. The van der Waals surface area contributed by atoms with E-state index < -0.39 is 33.4 Å². The normalized spacial score (nSPS) is 11.8. The van der Waals surface area contributed by atoms with Gasteiger partial charge in [-0.3, -0.25) is 14.6 Å². The molecule has 2 rings (SSSR count). The summed E-state index contributed by atoms with van der Waals surface area (Å²) in [6.07, 6.45) is 2.94. The van der Waals surface area contributed by atoms with Crippen LogP contribution in [0, 0.1) is 11.3 Å². The molecule has 140 valence electrons. The van der Waals surface area contributed by atoms with Gasteiger partial charge in [0, 0.05) is 18.0 Å². The molecule has 8 nitrogen and oxygen atoms in total. The summed E-state index contributed by atoms with van der Waals surface area (Å²) in [5, 5.41) is 13.3. The fraction of sp³-hybridized carbons (Fsp3) is 0.222. The van der Waals surface area contributed by atoms with Crippen molar-refractivity contribution in [3.8, 4) is 6.07 Å². The number of nitrogens with one attached hydrogen (secondary N) is 2. The Morgan fingerprint density at radius 2 is 1.78 bits per heavy atom. The molecule has 0 bridgehead atoms. The summed E-state index contributed by atoms with van der Waals surface area (Å²) in [5.74, 6) is -2.20. The van der Waals surface area contributed by atoms with Crippen molar-refractivity contribution in [1.82, 2.24) is 15.6 Å². The van der Waals surface area contributed by atoms with Crippen LogP contribution >= 0.6 is 0 Å². The van der Waals surface area contributed by atoms with Crippen LogP contribution in [-0.2, 0) is 20.4 Å². The van der Waals surface area contributed by atoms with Crippen molar-refractivity contribution in [1.29, 1.82) is 5.26 Å². The molecule has 0 saturated heterocycles. The number of aromatic nitrogens is 1. The van der Waals surface area contributed by atoms with E-state index in [2.05, 4.69) is 15.6 Å². The lowest BCUT2D eigenvalue weighted by molar-refractivity contribution is -0.122. The minimum absolute atomic E-state index is 0.291. The molecule has 1 heterocycles. The van der Waals surface area contributed by atoms with Gasteiger partial charge in [-0.05, 0) is 29.8 Å². The summed E-state index contributed by atoms with van der Waals surface area (Å²) in [5.41, 5.74) is 0.817. The first-order valence-corrected chi connectivity index (χ1v) is 9.83. The number of benzene rings is 1. The summed E-state index contributed by atoms with van der Waals surface area (Å²) in [6.45, 7) is -0.291. The molecule has 2 amide bonds. The number of carbonyl (C=O) groups is 2. The third kappa shape index (κ3) is 6.52. The Morgan fingerprint density at radius 1 is 1.11 bits per heavy atom. The molecule has 1 aromatic carbocycles. The third-order valence-electron chi connectivity index (χ3n) is 3.56. The highest BCUT2D eigenvalue weighted by Crippen LogP contribution is 2.08. The van der Waals surface area contributed by atoms with Gasteiger partial charge in [0.05, 0.1) is 17.6 Å². The molecule has 0 unspecified atom stereocenters. The fourth-order valence-electron chi connectivity index (χ4n) is 2.31. The SMILES string of the molecule is N#CCNC(=O)[C@H](CS(=O)(=O)Cc1ccncc1)NC(=O)c1ccccc1. The molecule has 0 aliphatic heterocycles. The van der Waals surface area contributed by atoms with Gasteiger partial charge in [-0.1, -0.05) is 18.2 Å². The van der Waals surface area contributed by atoms with E-state index in [0.29, 0.717) is 11.1 Å². The summed E-state index contributed by atoms with van der Waals surface area (Å²) in [6, 6.07) is 11.7. The summed E-state index contributed by atoms with van der Waals surface area (Å²) >= 11 is 0. The second kappa shape index (κ2) is 9.45. The smallest absolute Gasteiger partial charge is 0.251 e. The van der Waals surface area contributed by atoms with Crippen molar-refractivity contribution in [2.24, 2.45) is 0 Å². The summed E-state index contributed by atoms with van der Waals surface area (Å²) in [4.78, 5) is 28.4. The predicted octanol–water partition coefficient (Wildman–Crippen LogP) is 0.435. The molecule has 0 aliphatic rings. The molecule has 1 aromatic heterocycles. The molecule has 0 aliphatic carbocycles. The first kappa shape index (κ1) is 20.1. The molecule has 0 radical (unpaired) electrons. The maximum Gasteiger partial charge on any atom is 0.251 e. The minimum Gasteiger partial charge on any atom is -0.341 e. The van der Waals surface area contributed by atoms with E-state index in [1.807, 2.05) is 0 Å². The minimum atomic E-state index is -3.72. The summed E-state index contributed by atoms with van der Waals surface area (Å²) in [7, 11) is -3.72. The van der Waals surface area contributed by atoms with Crippen LogP contribution in [-0.4, -0.2) is 43.6 Å². The van der Waals surface area contributed by atoms with Crippen LogP contribution in [0.4, 0.5) is 0 Å². The lowest BCUT2D eigenvalue weighted by atomic mass is 10.2. The lowest BCUT2D eigenvalue weighted by Crippen LogP contribution is -2.50. The number of carbonyl (C=O) groups excluding carboxylic acids is 2. The number of hydrogen-bond donors (Lipinski definition) is 2. The van der Waals surface area contributed by atoms with Gasteiger partial charge < -0.3 is 10.6 Å². The number of sulfone groups is 1. The van der Waals surface area contributed by atoms with Crippen molar-refractivity contribution < 1.29 is 18.0 Å². The fourth-order valence-corrected chi connectivity index (χ4v) is 3.87. The second-order valence-electron chi connectivity index (χ2n) is 5.68. The Morgan fingerprint density at radius 3 is 2.41 bits per heavy atom. The van der Waals surface area contributed by atoms with Gasteiger partial charge in [-0.2, -0.15) is 5.26 Å². The van der Waals surface area contributed by atoms with Crippen molar-refractivity contribution in [2.75, 3.05) is 12.3 Å². The quantitative estimate of drug-likeness (QED) is 0.633. The second-order valence-corrected chi connectivity index (χ2v) is 7.79. The van der Waals surface area contributed by atoms with Gasteiger partial charge in [0.15, 0.2) is 9.84 Å². The number of nitriles is 1. The highest BCUT2D eigenvalue weighted by molar-refractivity contribution is 7.90. The van der Waals surface area contributed by atoms with Crippen LogP contribution in [0.25, 0.3) is 0 Å². The van der Waals surface area contributed by atoms with Crippen molar-refractivity contribution in [3.63, 3.8) is 0 Å². The number of hydrogen-bond acceptors (Lipinski definition) is 6. The predicted molar refractivity (Wildman–Crippen MR) is 98.0 cm³/mol. The maximum atomic E-state index is 12.5. The van der Waals surface area contributed by atoms with E-state index in [9.17, 15) is 18.0 Å². The third-order valence-corrected chi connectivity index (χ3v) is 5.17. The monoisotopic (exact) mass is 386 g/mol. The molecule has 27 heavy (non-hydrogen) atoms. The highest BCUT2D eigenvalue weighted by Gasteiger charge is 2.27. The van der Waals surface area contributed by atoms with E-state index >= 15 is 0 Å². The molecule has 1 atom stereocenters. The van der Waals surface area contributed by atoms with Gasteiger partial charge in [0.2, 0.25) is 5.91 Å². The molecule has 2 aromatic rings. The standard InChI is InChI=1S/C18H18N4O4S/c19-8-11-21-18(24)16(22-17(23)15-4-2-1-3-5-15)13-27(25,26)12-14-6-9-20-10-7-14/h1-7,9-10,16H,11-13H2,(H,21,24)(H,22,23)/t16-/m0/s1. The molecular weight excluding hydrogens is 368 g/mol. The molecule has 9 heteroatoms. The average molecular weight is 386 g/mol. The Balaban J connectivity index is 2.15. The van der Waals surface area contributed by atoms with Gasteiger partial charge in [-0.15, -0.1) is 0 Å². The largest absolute Gasteiger partial charge is 0.341 e. The van der Waals surface area contributed by atoms with Gasteiger partial charge in [0.1, 0.15) is 12.6 Å². The van der Waals surface area contributed by atoms with Crippen LogP contribution in [0.15, 0.2) is 54.9 Å². The molecule has 0 spiro atoms. The number of pyridine rings is 1. The molecular formula is C18H18N4O4S. The first-order valence-electron chi connectivity index (χ1n) is 8.01. The van der Waals surface area contributed by atoms with Crippen LogP contribution in [0.5, 0.6) is 0 Å².